The first kappa shape index (κ1) is 13.3. The van der Waals surface area contributed by atoms with Crippen molar-refractivity contribution in [1.29, 1.82) is 0 Å². The van der Waals surface area contributed by atoms with Gasteiger partial charge in [0.1, 0.15) is 0 Å². The Labute approximate surface area is 97.9 Å². The van der Waals surface area contributed by atoms with Crippen molar-refractivity contribution < 1.29 is 0 Å². The molecular weight excluding hydrogens is 196 g/mol. The molecule has 1 heteroatoms. The van der Waals surface area contributed by atoms with Gasteiger partial charge < -0.3 is 0 Å². The summed E-state index contributed by atoms with van der Waals surface area (Å²) in [5, 5.41) is 0. The maximum absolute atomic E-state index is 2.59. The van der Waals surface area contributed by atoms with Crippen molar-refractivity contribution >= 4 is 8.07 Å². The molecule has 0 atom stereocenters. The molecule has 0 heterocycles. The van der Waals surface area contributed by atoms with E-state index in [0.717, 1.165) is 5.54 Å². The van der Waals surface area contributed by atoms with Crippen molar-refractivity contribution in [3.63, 3.8) is 0 Å². The number of hydrogen-bond donors (Lipinski definition) is 0. The van der Waals surface area contributed by atoms with Gasteiger partial charge in [0.2, 0.25) is 0 Å². The van der Waals surface area contributed by atoms with Crippen LogP contribution in [0.15, 0.2) is 0 Å². The van der Waals surface area contributed by atoms with Crippen molar-refractivity contribution in [2.45, 2.75) is 83.8 Å². The Morgan fingerprint density at radius 3 is 1.60 bits per heavy atom. The van der Waals surface area contributed by atoms with E-state index >= 15 is 0 Å². The highest BCUT2D eigenvalue weighted by Gasteiger charge is 2.34. The first-order chi connectivity index (χ1) is 7.05. The average Bonchev–Trinajstić information content (AvgIpc) is 2.30. The number of hydrogen-bond acceptors (Lipinski definition) is 0. The molecule has 0 unspecified atom stereocenters. The zero-order valence-electron chi connectivity index (χ0n) is 11.2. The van der Waals surface area contributed by atoms with Gasteiger partial charge in [-0.3, -0.25) is 0 Å². The summed E-state index contributed by atoms with van der Waals surface area (Å²) in [4.78, 5) is 0. The lowest BCUT2D eigenvalue weighted by Crippen LogP contribution is -2.38. The van der Waals surface area contributed by atoms with Crippen molar-refractivity contribution in [2.24, 2.45) is 0 Å². The lowest BCUT2D eigenvalue weighted by molar-refractivity contribution is 0.624. The fraction of sp³-hybridized carbons (Fsp3) is 0.929. The van der Waals surface area contributed by atoms with Crippen molar-refractivity contribution in [1.82, 2.24) is 0 Å². The maximum atomic E-state index is 2.59. The van der Waals surface area contributed by atoms with Crippen LogP contribution < -0.4 is 0 Å². The highest BCUT2D eigenvalue weighted by atomic mass is 28.3. The Morgan fingerprint density at radius 1 is 0.800 bits per heavy atom. The van der Waals surface area contributed by atoms with E-state index in [4.69, 9.17) is 0 Å². The molecule has 1 aliphatic rings. The lowest BCUT2D eigenvalue weighted by Gasteiger charge is -2.36. The van der Waals surface area contributed by atoms with Gasteiger partial charge in [0, 0.05) is 0 Å². The second kappa shape index (κ2) is 6.08. The molecule has 89 valence electrons. The third-order valence-corrected chi connectivity index (χ3v) is 9.77. The maximum Gasteiger partial charge on any atom is 0.0564 e. The molecule has 0 bridgehead atoms. The Hall–Kier alpha value is 0.217. The van der Waals surface area contributed by atoms with Crippen molar-refractivity contribution in [3.8, 4) is 0 Å². The van der Waals surface area contributed by atoms with Crippen LogP contribution in [-0.2, 0) is 0 Å². The summed E-state index contributed by atoms with van der Waals surface area (Å²) in [6.07, 6.45) is 11.8. The zero-order valence-corrected chi connectivity index (χ0v) is 12.2. The van der Waals surface area contributed by atoms with Gasteiger partial charge in [-0.05, 0) is 18.4 Å². The molecule has 1 radical (unpaired) electrons. The predicted octanol–water partition coefficient (Wildman–Crippen LogP) is 5.35. The first-order valence-corrected chi connectivity index (χ1v) is 9.98. The van der Waals surface area contributed by atoms with Crippen LogP contribution in [0.4, 0.5) is 0 Å². The van der Waals surface area contributed by atoms with E-state index in [1.54, 1.807) is 0 Å². The third kappa shape index (κ3) is 3.94. The summed E-state index contributed by atoms with van der Waals surface area (Å²) < 4.78 is 0. The fourth-order valence-electron chi connectivity index (χ4n) is 2.56. The monoisotopic (exact) mass is 225 g/mol. The Balaban J connectivity index is 2.55. The molecule has 0 aromatic rings. The molecule has 0 nitrogen and oxygen atoms in total. The van der Waals surface area contributed by atoms with E-state index < -0.39 is 8.07 Å². The van der Waals surface area contributed by atoms with Gasteiger partial charge in [0.25, 0.3) is 0 Å². The summed E-state index contributed by atoms with van der Waals surface area (Å²) in [6.45, 7) is 10.0. The van der Waals surface area contributed by atoms with Crippen LogP contribution in [0.5, 0.6) is 0 Å². The minimum absolute atomic E-state index is 0.924. The van der Waals surface area contributed by atoms with E-state index in [-0.39, 0.29) is 0 Å². The van der Waals surface area contributed by atoms with Crippen LogP contribution >= 0.6 is 0 Å². The second-order valence-electron chi connectivity index (χ2n) is 6.10. The van der Waals surface area contributed by atoms with Crippen molar-refractivity contribution in [2.75, 3.05) is 0 Å². The van der Waals surface area contributed by atoms with Gasteiger partial charge in [-0.2, -0.15) is 0 Å². The average molecular weight is 225 g/mol. The molecule has 0 spiro atoms. The molecule has 0 N–H and O–H groups in total. The molecule has 0 aromatic heterocycles. The quantitative estimate of drug-likeness (QED) is 0.556. The minimum atomic E-state index is -1.04. The van der Waals surface area contributed by atoms with Gasteiger partial charge in [0.15, 0.2) is 0 Å². The molecule has 1 fully saturated rings. The molecule has 1 aliphatic carbocycles. The standard InChI is InChI=1S/C14H29Si/c1-13(2)15(3,4)14-11-9-7-5-6-8-10-12-14/h13H,5-12H2,1-4H3. The van der Waals surface area contributed by atoms with Gasteiger partial charge in [0.05, 0.1) is 8.07 Å². The van der Waals surface area contributed by atoms with Crippen molar-refractivity contribution in [3.05, 3.63) is 5.54 Å². The van der Waals surface area contributed by atoms with E-state index in [9.17, 15) is 0 Å². The second-order valence-corrected chi connectivity index (χ2v) is 11.4. The van der Waals surface area contributed by atoms with E-state index in [1.165, 1.54) is 51.4 Å². The highest BCUT2D eigenvalue weighted by molar-refractivity contribution is 6.83. The van der Waals surface area contributed by atoms with E-state index in [2.05, 4.69) is 26.9 Å². The molecule has 0 amide bonds. The summed E-state index contributed by atoms with van der Waals surface area (Å²) in [6, 6.07) is 0. The van der Waals surface area contributed by atoms with Gasteiger partial charge in [-0.25, -0.2) is 0 Å². The third-order valence-electron chi connectivity index (χ3n) is 4.56. The Kier molecular flexibility index (Phi) is 5.38. The van der Waals surface area contributed by atoms with Crippen LogP contribution in [0.2, 0.25) is 18.6 Å². The summed E-state index contributed by atoms with van der Waals surface area (Å²) in [5.74, 6) is 0. The molecule has 0 saturated heterocycles. The molecule has 1 saturated carbocycles. The molecule has 0 aromatic carbocycles. The van der Waals surface area contributed by atoms with E-state index in [0.29, 0.717) is 0 Å². The van der Waals surface area contributed by atoms with Gasteiger partial charge in [-0.1, -0.05) is 71.0 Å². The highest BCUT2D eigenvalue weighted by Crippen LogP contribution is 2.37. The largest absolute Gasteiger partial charge is 0.0687 e. The first-order valence-electron chi connectivity index (χ1n) is 6.90. The van der Waals surface area contributed by atoms with Crippen LogP contribution in [0, 0.1) is 5.54 Å². The Morgan fingerprint density at radius 2 is 1.20 bits per heavy atom. The van der Waals surface area contributed by atoms with Crippen LogP contribution in [0.3, 0.4) is 0 Å². The smallest absolute Gasteiger partial charge is 0.0564 e. The molecular formula is C14H29Si. The van der Waals surface area contributed by atoms with Crippen LogP contribution in [0.25, 0.3) is 0 Å². The van der Waals surface area contributed by atoms with Crippen LogP contribution in [-0.4, -0.2) is 8.07 Å². The van der Waals surface area contributed by atoms with Crippen LogP contribution in [0.1, 0.15) is 65.2 Å². The fourth-order valence-corrected chi connectivity index (χ4v) is 5.02. The molecule has 15 heavy (non-hydrogen) atoms. The summed E-state index contributed by atoms with van der Waals surface area (Å²) in [7, 11) is -1.04. The number of rotatable bonds is 2. The topological polar surface area (TPSA) is 0 Å². The molecule has 0 aliphatic heterocycles. The van der Waals surface area contributed by atoms with Gasteiger partial charge in [-0.15, -0.1) is 0 Å². The van der Waals surface area contributed by atoms with Gasteiger partial charge >= 0.3 is 0 Å². The minimum Gasteiger partial charge on any atom is -0.0687 e. The predicted molar refractivity (Wildman–Crippen MR) is 72.8 cm³/mol. The lowest BCUT2D eigenvalue weighted by atomic mass is 10.1. The van der Waals surface area contributed by atoms with E-state index in [1.807, 2.05) is 5.54 Å². The summed E-state index contributed by atoms with van der Waals surface area (Å²) >= 11 is 0. The molecule has 1 rings (SSSR count). The SMILES string of the molecule is CC(C)[Si](C)(C)[C]1CCCCCCCC1. The zero-order chi connectivity index (χ0) is 11.3. The summed E-state index contributed by atoms with van der Waals surface area (Å²) in [5.41, 5.74) is 2.91. The normalized spacial score (nSPS) is 22.2. The Bertz CT molecular complexity index is 162.